The monoisotopic (exact) mass is 313 g/mol. The first-order valence-electron chi connectivity index (χ1n) is 5.42. The number of hydrogen-bond donors (Lipinski definition) is 0. The van der Waals surface area contributed by atoms with Gasteiger partial charge in [0.1, 0.15) is 5.82 Å². The lowest BCUT2D eigenvalue weighted by Crippen LogP contribution is -2.02. The highest BCUT2D eigenvalue weighted by atomic mass is 79.9. The van der Waals surface area contributed by atoms with E-state index < -0.39 is 0 Å². The minimum atomic E-state index is 0.385. The van der Waals surface area contributed by atoms with Gasteiger partial charge in [-0.25, -0.2) is 0 Å². The molecule has 2 aromatic rings. The summed E-state index contributed by atoms with van der Waals surface area (Å²) in [6.45, 7) is 4.95. The molecule has 0 N–H and O–H groups in total. The van der Waals surface area contributed by atoms with Crippen LogP contribution in [0.25, 0.3) is 11.4 Å². The van der Waals surface area contributed by atoms with Gasteiger partial charge in [0.25, 0.3) is 0 Å². The van der Waals surface area contributed by atoms with Crippen LogP contribution in [0.15, 0.2) is 22.7 Å². The minimum Gasteiger partial charge on any atom is -0.310 e. The van der Waals surface area contributed by atoms with Crippen molar-refractivity contribution < 1.29 is 0 Å². The molecule has 0 bridgehead atoms. The Morgan fingerprint density at radius 2 is 2.12 bits per heavy atom. The van der Waals surface area contributed by atoms with Gasteiger partial charge < -0.3 is 4.57 Å². The third-order valence-corrected chi connectivity index (χ3v) is 3.42. The zero-order valence-corrected chi connectivity index (χ0v) is 12.1. The second-order valence-corrected chi connectivity index (χ2v) is 4.96. The van der Waals surface area contributed by atoms with Crippen LogP contribution in [0.3, 0.4) is 0 Å². The Balaban J connectivity index is 2.56. The van der Waals surface area contributed by atoms with Crippen LogP contribution < -0.4 is 0 Å². The molecule has 0 radical (unpaired) electrons. The number of alkyl halides is 1. The van der Waals surface area contributed by atoms with Crippen molar-refractivity contribution in [3.63, 3.8) is 0 Å². The fourth-order valence-corrected chi connectivity index (χ4v) is 2.52. The zero-order valence-electron chi connectivity index (χ0n) is 9.74. The third kappa shape index (κ3) is 2.38. The lowest BCUT2D eigenvalue weighted by Gasteiger charge is -2.08. The molecule has 5 heteroatoms. The predicted octanol–water partition coefficient (Wildman–Crippen LogP) is 3.77. The molecule has 1 aromatic carbocycles. The van der Waals surface area contributed by atoms with Gasteiger partial charge in [-0.1, -0.05) is 15.9 Å². The van der Waals surface area contributed by atoms with Gasteiger partial charge in [-0.2, -0.15) is 0 Å². The average Bonchev–Trinajstić information content (AvgIpc) is 2.71. The van der Waals surface area contributed by atoms with E-state index in [-0.39, 0.29) is 0 Å². The molecule has 90 valence electrons. The van der Waals surface area contributed by atoms with Crippen LogP contribution in [0.4, 0.5) is 0 Å². The highest BCUT2D eigenvalue weighted by Crippen LogP contribution is 2.25. The summed E-state index contributed by atoms with van der Waals surface area (Å²) in [5.41, 5.74) is 2.27. The first-order valence-corrected chi connectivity index (χ1v) is 6.74. The molecule has 0 amide bonds. The molecule has 0 fully saturated rings. The molecule has 2 rings (SSSR count). The van der Waals surface area contributed by atoms with E-state index in [4.69, 9.17) is 11.6 Å². The Morgan fingerprint density at radius 3 is 2.71 bits per heavy atom. The van der Waals surface area contributed by atoms with Crippen molar-refractivity contribution in [2.75, 3.05) is 0 Å². The Bertz CT molecular complexity index is 537. The Morgan fingerprint density at radius 1 is 1.35 bits per heavy atom. The van der Waals surface area contributed by atoms with Gasteiger partial charge in [-0.05, 0) is 37.6 Å². The maximum absolute atomic E-state index is 5.85. The van der Waals surface area contributed by atoms with E-state index in [9.17, 15) is 0 Å². The SMILES string of the molecule is CCn1c(CCl)nnc1-c1ccc(Br)cc1C. The van der Waals surface area contributed by atoms with E-state index in [1.165, 1.54) is 5.56 Å². The van der Waals surface area contributed by atoms with Gasteiger partial charge in [0.15, 0.2) is 5.82 Å². The molecule has 17 heavy (non-hydrogen) atoms. The minimum absolute atomic E-state index is 0.385. The first kappa shape index (κ1) is 12.6. The van der Waals surface area contributed by atoms with E-state index >= 15 is 0 Å². The molecule has 0 saturated carbocycles. The van der Waals surface area contributed by atoms with Crippen LogP contribution in [-0.2, 0) is 12.4 Å². The van der Waals surface area contributed by atoms with E-state index in [1.54, 1.807) is 0 Å². The molecule has 0 unspecified atom stereocenters. The van der Waals surface area contributed by atoms with E-state index in [1.807, 2.05) is 16.7 Å². The Hall–Kier alpha value is -0.870. The van der Waals surface area contributed by atoms with Crippen LogP contribution in [0.2, 0.25) is 0 Å². The summed E-state index contributed by atoms with van der Waals surface area (Å²) in [6.07, 6.45) is 0. The smallest absolute Gasteiger partial charge is 0.164 e. The van der Waals surface area contributed by atoms with Crippen LogP contribution in [0.5, 0.6) is 0 Å². The molecule has 1 aromatic heterocycles. The van der Waals surface area contributed by atoms with Crippen molar-refractivity contribution in [1.29, 1.82) is 0 Å². The number of rotatable bonds is 3. The van der Waals surface area contributed by atoms with Crippen LogP contribution in [0.1, 0.15) is 18.3 Å². The Kier molecular flexibility index (Phi) is 3.84. The average molecular weight is 315 g/mol. The largest absolute Gasteiger partial charge is 0.310 e. The lowest BCUT2D eigenvalue weighted by atomic mass is 10.1. The molecule has 0 saturated heterocycles. The third-order valence-electron chi connectivity index (χ3n) is 2.69. The highest BCUT2D eigenvalue weighted by molar-refractivity contribution is 9.10. The summed E-state index contributed by atoms with van der Waals surface area (Å²) in [5, 5.41) is 8.35. The summed E-state index contributed by atoms with van der Waals surface area (Å²) >= 11 is 9.31. The molecule has 3 nitrogen and oxygen atoms in total. The fraction of sp³-hybridized carbons (Fsp3) is 0.333. The maximum atomic E-state index is 5.85. The van der Waals surface area contributed by atoms with Gasteiger partial charge in [0, 0.05) is 16.6 Å². The van der Waals surface area contributed by atoms with Crippen molar-refractivity contribution in [3.8, 4) is 11.4 Å². The standard InChI is InChI=1S/C12H13BrClN3/c1-3-17-11(7-14)15-16-12(17)10-5-4-9(13)6-8(10)2/h4-6H,3,7H2,1-2H3. The predicted molar refractivity (Wildman–Crippen MR) is 73.1 cm³/mol. The van der Waals surface area contributed by atoms with E-state index in [0.717, 1.165) is 28.2 Å². The number of nitrogens with zero attached hydrogens (tertiary/aromatic N) is 3. The number of aromatic nitrogens is 3. The van der Waals surface area contributed by atoms with Gasteiger partial charge in [-0.15, -0.1) is 21.8 Å². The van der Waals surface area contributed by atoms with Gasteiger partial charge in [0.05, 0.1) is 5.88 Å². The zero-order chi connectivity index (χ0) is 12.4. The molecule has 0 spiro atoms. The number of benzene rings is 1. The second-order valence-electron chi connectivity index (χ2n) is 3.78. The molecule has 0 aliphatic rings. The van der Waals surface area contributed by atoms with Crippen LogP contribution in [-0.4, -0.2) is 14.8 Å². The normalized spacial score (nSPS) is 10.8. The van der Waals surface area contributed by atoms with E-state index in [2.05, 4.69) is 46.0 Å². The lowest BCUT2D eigenvalue weighted by molar-refractivity contribution is 0.730. The molecule has 0 aliphatic heterocycles. The quantitative estimate of drug-likeness (QED) is 0.807. The highest BCUT2D eigenvalue weighted by Gasteiger charge is 2.13. The van der Waals surface area contributed by atoms with E-state index in [0.29, 0.717) is 5.88 Å². The van der Waals surface area contributed by atoms with Crippen molar-refractivity contribution in [3.05, 3.63) is 34.1 Å². The second kappa shape index (κ2) is 5.19. The molecular formula is C12H13BrClN3. The molecule has 0 aliphatic carbocycles. The molecule has 1 heterocycles. The summed E-state index contributed by atoms with van der Waals surface area (Å²) in [4.78, 5) is 0. The van der Waals surface area contributed by atoms with Crippen LogP contribution >= 0.6 is 27.5 Å². The van der Waals surface area contributed by atoms with Crippen molar-refractivity contribution >= 4 is 27.5 Å². The molecule has 0 atom stereocenters. The summed E-state index contributed by atoms with van der Waals surface area (Å²) in [6, 6.07) is 6.13. The van der Waals surface area contributed by atoms with Crippen molar-refractivity contribution in [1.82, 2.24) is 14.8 Å². The topological polar surface area (TPSA) is 30.7 Å². The first-order chi connectivity index (χ1) is 8.17. The fourth-order valence-electron chi connectivity index (χ4n) is 1.84. The number of aryl methyl sites for hydroxylation is 1. The molecular weight excluding hydrogens is 302 g/mol. The van der Waals surface area contributed by atoms with Crippen molar-refractivity contribution in [2.45, 2.75) is 26.3 Å². The van der Waals surface area contributed by atoms with Gasteiger partial charge >= 0.3 is 0 Å². The Labute approximate surface area is 114 Å². The number of hydrogen-bond acceptors (Lipinski definition) is 2. The van der Waals surface area contributed by atoms with Gasteiger partial charge in [0.2, 0.25) is 0 Å². The summed E-state index contributed by atoms with van der Waals surface area (Å²) in [7, 11) is 0. The van der Waals surface area contributed by atoms with Crippen LogP contribution in [0, 0.1) is 6.92 Å². The maximum Gasteiger partial charge on any atom is 0.164 e. The summed E-state index contributed by atoms with van der Waals surface area (Å²) < 4.78 is 3.11. The number of halogens is 2. The van der Waals surface area contributed by atoms with Gasteiger partial charge in [-0.3, -0.25) is 0 Å². The summed E-state index contributed by atoms with van der Waals surface area (Å²) in [5.74, 6) is 2.08. The van der Waals surface area contributed by atoms with Crippen molar-refractivity contribution in [2.24, 2.45) is 0 Å².